The van der Waals surface area contributed by atoms with Gasteiger partial charge >= 0.3 is 5.97 Å². The van der Waals surface area contributed by atoms with Crippen LogP contribution in [0.4, 0.5) is 0 Å². The zero-order valence-electron chi connectivity index (χ0n) is 15.8. The molecule has 2 aliphatic rings. The standard InChI is InChI=1S/C23H27NO3/c1-2-9-23(22(26)27)10-11-24(15-21(23)25)14-16-7-8-20-18(12-16)13-17-5-3-4-6-19(17)20/h3-8,12,21,25H,2,9-11,13-15H2,1H3,(H,26,27)/t21-,23-/m0/s1. The van der Waals surface area contributed by atoms with E-state index in [0.717, 1.165) is 19.4 Å². The van der Waals surface area contributed by atoms with Crippen molar-refractivity contribution in [1.82, 2.24) is 4.90 Å². The van der Waals surface area contributed by atoms with Gasteiger partial charge in [-0.1, -0.05) is 55.8 Å². The molecule has 0 unspecified atom stereocenters. The van der Waals surface area contributed by atoms with Gasteiger partial charge in [0.05, 0.1) is 11.5 Å². The molecule has 1 saturated heterocycles. The number of carbonyl (C=O) groups is 1. The van der Waals surface area contributed by atoms with Crippen LogP contribution in [-0.4, -0.2) is 40.3 Å². The summed E-state index contributed by atoms with van der Waals surface area (Å²) in [6, 6.07) is 15.2. The van der Waals surface area contributed by atoms with Gasteiger partial charge in [-0.25, -0.2) is 0 Å². The Labute approximate surface area is 160 Å². The molecular formula is C23H27NO3. The number of benzene rings is 2. The molecule has 0 amide bonds. The third kappa shape index (κ3) is 3.17. The van der Waals surface area contributed by atoms with Gasteiger partial charge in [0.15, 0.2) is 0 Å². The Hall–Kier alpha value is -2.17. The molecule has 0 saturated carbocycles. The third-order valence-electron chi connectivity index (χ3n) is 6.33. The van der Waals surface area contributed by atoms with E-state index in [1.165, 1.54) is 27.8 Å². The van der Waals surface area contributed by atoms with E-state index in [2.05, 4.69) is 47.4 Å². The molecule has 4 rings (SSSR count). The Morgan fingerprint density at radius 2 is 1.96 bits per heavy atom. The van der Waals surface area contributed by atoms with Crippen LogP contribution in [-0.2, 0) is 17.8 Å². The summed E-state index contributed by atoms with van der Waals surface area (Å²) in [4.78, 5) is 14.0. The molecule has 1 aliphatic heterocycles. The molecule has 0 aromatic heterocycles. The number of rotatable bonds is 5. The summed E-state index contributed by atoms with van der Waals surface area (Å²) in [5.41, 5.74) is 5.64. The van der Waals surface area contributed by atoms with Crippen molar-refractivity contribution < 1.29 is 15.0 Å². The van der Waals surface area contributed by atoms with Crippen molar-refractivity contribution in [3.63, 3.8) is 0 Å². The minimum Gasteiger partial charge on any atom is -0.481 e. The van der Waals surface area contributed by atoms with Gasteiger partial charge < -0.3 is 10.2 Å². The van der Waals surface area contributed by atoms with E-state index in [1.54, 1.807) is 0 Å². The van der Waals surface area contributed by atoms with Crippen LogP contribution < -0.4 is 0 Å². The second kappa shape index (κ2) is 7.10. The normalized spacial score (nSPS) is 24.4. The van der Waals surface area contributed by atoms with Crippen molar-refractivity contribution in [3.05, 3.63) is 59.2 Å². The SMILES string of the molecule is CCC[C@]1(C(=O)O)CCN(Cc2ccc3c(c2)Cc2ccccc2-3)C[C@@H]1O. The van der Waals surface area contributed by atoms with Crippen molar-refractivity contribution in [3.8, 4) is 11.1 Å². The quantitative estimate of drug-likeness (QED) is 0.724. The number of hydrogen-bond donors (Lipinski definition) is 2. The number of carboxylic acid groups (broad SMARTS) is 1. The van der Waals surface area contributed by atoms with Gasteiger partial charge in [0.25, 0.3) is 0 Å². The maximum Gasteiger partial charge on any atom is 0.312 e. The number of β-amino-alcohol motifs (C(OH)–C–C–N with tert-alkyl or cyclic N) is 1. The first kappa shape index (κ1) is 18.2. The van der Waals surface area contributed by atoms with Gasteiger partial charge in [0.1, 0.15) is 0 Å². The number of fused-ring (bicyclic) bond motifs is 3. The average molecular weight is 365 g/mol. The molecule has 4 nitrogen and oxygen atoms in total. The minimum atomic E-state index is -0.981. The van der Waals surface area contributed by atoms with E-state index in [-0.39, 0.29) is 0 Å². The van der Waals surface area contributed by atoms with Crippen LogP contribution in [0.5, 0.6) is 0 Å². The number of aliphatic hydroxyl groups excluding tert-OH is 1. The summed E-state index contributed by atoms with van der Waals surface area (Å²) in [5.74, 6) is -0.855. The molecule has 2 aromatic carbocycles. The van der Waals surface area contributed by atoms with Crippen molar-refractivity contribution in [1.29, 1.82) is 0 Å². The topological polar surface area (TPSA) is 60.8 Å². The summed E-state index contributed by atoms with van der Waals surface area (Å²) in [6.07, 6.45) is 1.97. The van der Waals surface area contributed by atoms with Crippen LogP contribution in [0.25, 0.3) is 11.1 Å². The predicted octanol–water partition coefficient (Wildman–Crippen LogP) is 3.70. The zero-order valence-corrected chi connectivity index (χ0v) is 15.8. The number of carboxylic acids is 1. The highest BCUT2D eigenvalue weighted by Crippen LogP contribution is 2.39. The van der Waals surface area contributed by atoms with Gasteiger partial charge in [0.2, 0.25) is 0 Å². The van der Waals surface area contributed by atoms with Gasteiger partial charge in [-0.2, -0.15) is 0 Å². The summed E-state index contributed by atoms with van der Waals surface area (Å²) in [7, 11) is 0. The lowest BCUT2D eigenvalue weighted by Gasteiger charge is -2.42. The highest BCUT2D eigenvalue weighted by Gasteiger charge is 2.47. The van der Waals surface area contributed by atoms with E-state index in [1.807, 2.05) is 6.92 Å². The number of hydrogen-bond acceptors (Lipinski definition) is 3. The molecule has 0 radical (unpaired) electrons. The van der Waals surface area contributed by atoms with Crippen LogP contribution in [0.15, 0.2) is 42.5 Å². The van der Waals surface area contributed by atoms with Crippen molar-refractivity contribution in [2.24, 2.45) is 5.41 Å². The second-order valence-corrected chi connectivity index (χ2v) is 8.04. The zero-order chi connectivity index (χ0) is 19.0. The van der Waals surface area contributed by atoms with Gasteiger partial charge in [-0.15, -0.1) is 0 Å². The van der Waals surface area contributed by atoms with Gasteiger partial charge in [0, 0.05) is 13.1 Å². The molecule has 2 N–H and O–H groups in total. The molecular weight excluding hydrogens is 338 g/mol. The van der Waals surface area contributed by atoms with Gasteiger partial charge in [-0.3, -0.25) is 9.69 Å². The lowest BCUT2D eigenvalue weighted by atomic mass is 9.72. The van der Waals surface area contributed by atoms with Gasteiger partial charge in [-0.05, 0) is 53.6 Å². The molecule has 2 atom stereocenters. The van der Waals surface area contributed by atoms with Crippen LogP contribution in [0.2, 0.25) is 0 Å². The van der Waals surface area contributed by atoms with E-state index < -0.39 is 17.5 Å². The highest BCUT2D eigenvalue weighted by atomic mass is 16.4. The monoisotopic (exact) mass is 365 g/mol. The van der Waals surface area contributed by atoms with E-state index >= 15 is 0 Å². The van der Waals surface area contributed by atoms with E-state index in [4.69, 9.17) is 0 Å². The summed E-state index contributed by atoms with van der Waals surface area (Å²) < 4.78 is 0. The fourth-order valence-corrected chi connectivity index (χ4v) is 4.83. The lowest BCUT2D eigenvalue weighted by molar-refractivity contribution is -0.164. The maximum atomic E-state index is 11.8. The average Bonchev–Trinajstić information content (AvgIpc) is 3.01. The summed E-state index contributed by atoms with van der Waals surface area (Å²) >= 11 is 0. The first-order chi connectivity index (χ1) is 13.0. The Morgan fingerprint density at radius 1 is 1.19 bits per heavy atom. The molecule has 142 valence electrons. The predicted molar refractivity (Wildman–Crippen MR) is 106 cm³/mol. The molecule has 0 spiro atoms. The Balaban J connectivity index is 1.47. The van der Waals surface area contributed by atoms with Crippen molar-refractivity contribution in [2.75, 3.05) is 13.1 Å². The number of aliphatic carboxylic acids is 1. The fraction of sp³-hybridized carbons (Fsp3) is 0.435. The molecule has 1 aliphatic carbocycles. The summed E-state index contributed by atoms with van der Waals surface area (Å²) in [6.45, 7) is 3.86. The molecule has 2 aromatic rings. The number of piperidine rings is 1. The Morgan fingerprint density at radius 3 is 2.70 bits per heavy atom. The number of likely N-dealkylation sites (tertiary alicyclic amines) is 1. The van der Waals surface area contributed by atoms with E-state index in [0.29, 0.717) is 25.9 Å². The largest absolute Gasteiger partial charge is 0.481 e. The minimum absolute atomic E-state index is 0.420. The Bertz CT molecular complexity index is 862. The number of aliphatic hydroxyl groups is 1. The first-order valence-corrected chi connectivity index (χ1v) is 9.87. The fourth-order valence-electron chi connectivity index (χ4n) is 4.83. The van der Waals surface area contributed by atoms with Crippen molar-refractivity contribution in [2.45, 2.75) is 45.3 Å². The third-order valence-corrected chi connectivity index (χ3v) is 6.33. The maximum absolute atomic E-state index is 11.8. The van der Waals surface area contributed by atoms with Crippen molar-refractivity contribution >= 4 is 5.97 Å². The van der Waals surface area contributed by atoms with Crippen LogP contribution >= 0.6 is 0 Å². The van der Waals surface area contributed by atoms with E-state index in [9.17, 15) is 15.0 Å². The smallest absolute Gasteiger partial charge is 0.312 e. The van der Waals surface area contributed by atoms with Crippen LogP contribution in [0.1, 0.15) is 42.9 Å². The second-order valence-electron chi connectivity index (χ2n) is 8.04. The first-order valence-electron chi connectivity index (χ1n) is 9.87. The van der Waals surface area contributed by atoms with Crippen LogP contribution in [0.3, 0.4) is 0 Å². The highest BCUT2D eigenvalue weighted by molar-refractivity contribution is 5.77. The Kier molecular flexibility index (Phi) is 4.79. The van der Waals surface area contributed by atoms with Crippen LogP contribution in [0, 0.1) is 5.41 Å². The molecule has 0 bridgehead atoms. The molecule has 4 heteroatoms. The molecule has 27 heavy (non-hydrogen) atoms. The lowest BCUT2D eigenvalue weighted by Crippen LogP contribution is -2.54. The number of nitrogens with zero attached hydrogens (tertiary/aromatic N) is 1. The molecule has 1 fully saturated rings. The molecule has 1 heterocycles. The summed E-state index contributed by atoms with van der Waals surface area (Å²) in [5, 5.41) is 20.3.